The zero-order valence-corrected chi connectivity index (χ0v) is 10.7. The lowest BCUT2D eigenvalue weighted by molar-refractivity contribution is 0.357. The van der Waals surface area contributed by atoms with Gasteiger partial charge in [-0.1, -0.05) is 13.8 Å². The first-order valence-electron chi connectivity index (χ1n) is 6.02. The third kappa shape index (κ3) is 3.19. The number of hydrogen-bond donors (Lipinski definition) is 2. The van der Waals surface area contributed by atoms with Gasteiger partial charge in [0.15, 0.2) is 5.96 Å². The fraction of sp³-hybridized carbons (Fsp3) is 0.538. The molecule has 1 unspecified atom stereocenters. The number of nitrogens with zero attached hydrogens (tertiary/aromatic N) is 2. The second-order valence-electron chi connectivity index (χ2n) is 5.33. The highest BCUT2D eigenvalue weighted by Gasteiger charge is 2.22. The third-order valence-corrected chi connectivity index (χ3v) is 2.96. The molecule has 0 spiro atoms. The molecule has 0 radical (unpaired) electrons. The van der Waals surface area contributed by atoms with Crippen molar-refractivity contribution in [2.75, 3.05) is 13.1 Å². The summed E-state index contributed by atoms with van der Waals surface area (Å²) in [6, 6.07) is 4.28. The maximum atomic E-state index is 4.53. The molecular formula is C13H20N4. The van der Waals surface area contributed by atoms with Crippen LogP contribution in [0.1, 0.15) is 32.4 Å². The fourth-order valence-electron chi connectivity index (χ4n) is 1.77. The molecule has 4 nitrogen and oxygen atoms in total. The van der Waals surface area contributed by atoms with Gasteiger partial charge in [0.25, 0.3) is 0 Å². The molecule has 1 aliphatic rings. The molecule has 0 bridgehead atoms. The van der Waals surface area contributed by atoms with Crippen molar-refractivity contribution in [3.63, 3.8) is 0 Å². The van der Waals surface area contributed by atoms with Crippen LogP contribution >= 0.6 is 0 Å². The Morgan fingerprint density at radius 3 is 2.65 bits per heavy atom. The summed E-state index contributed by atoms with van der Waals surface area (Å²) in [5, 5.41) is 6.72. The van der Waals surface area contributed by atoms with E-state index >= 15 is 0 Å². The summed E-state index contributed by atoms with van der Waals surface area (Å²) in [6.45, 7) is 8.38. The van der Waals surface area contributed by atoms with Crippen LogP contribution in [-0.4, -0.2) is 24.0 Å². The SMILES string of the molecule is CC(NC1=NCC(C)(C)CN1)c1ccncc1. The molecule has 1 atom stereocenters. The highest BCUT2D eigenvalue weighted by atomic mass is 15.2. The van der Waals surface area contributed by atoms with Crippen LogP contribution in [0.3, 0.4) is 0 Å². The third-order valence-electron chi connectivity index (χ3n) is 2.96. The van der Waals surface area contributed by atoms with Gasteiger partial charge < -0.3 is 10.6 Å². The molecule has 2 heterocycles. The number of aromatic nitrogens is 1. The van der Waals surface area contributed by atoms with Gasteiger partial charge in [-0.3, -0.25) is 9.98 Å². The van der Waals surface area contributed by atoms with E-state index < -0.39 is 0 Å². The summed E-state index contributed by atoms with van der Waals surface area (Å²) in [7, 11) is 0. The minimum absolute atomic E-state index is 0.241. The minimum Gasteiger partial charge on any atom is -0.356 e. The van der Waals surface area contributed by atoms with E-state index in [0.717, 1.165) is 19.0 Å². The van der Waals surface area contributed by atoms with Crippen LogP contribution in [0, 0.1) is 5.41 Å². The highest BCUT2D eigenvalue weighted by Crippen LogP contribution is 2.17. The maximum absolute atomic E-state index is 4.53. The quantitative estimate of drug-likeness (QED) is 0.816. The first kappa shape index (κ1) is 11.9. The van der Waals surface area contributed by atoms with Crippen LogP contribution in [-0.2, 0) is 0 Å². The number of aliphatic imine (C=N–C) groups is 1. The van der Waals surface area contributed by atoms with Gasteiger partial charge in [0, 0.05) is 30.9 Å². The highest BCUT2D eigenvalue weighted by molar-refractivity contribution is 5.80. The maximum Gasteiger partial charge on any atom is 0.191 e. The van der Waals surface area contributed by atoms with Crippen LogP contribution in [0.4, 0.5) is 0 Å². The van der Waals surface area contributed by atoms with Crippen LogP contribution in [0.15, 0.2) is 29.5 Å². The Bertz CT molecular complexity index is 397. The van der Waals surface area contributed by atoms with Crippen LogP contribution in [0.25, 0.3) is 0 Å². The van der Waals surface area contributed by atoms with E-state index in [1.165, 1.54) is 5.56 Å². The first-order valence-corrected chi connectivity index (χ1v) is 6.02. The topological polar surface area (TPSA) is 49.3 Å². The second kappa shape index (κ2) is 4.73. The van der Waals surface area contributed by atoms with E-state index in [-0.39, 0.29) is 11.5 Å². The average Bonchev–Trinajstić information content (AvgIpc) is 2.33. The Morgan fingerprint density at radius 2 is 2.06 bits per heavy atom. The number of nitrogens with one attached hydrogen (secondary N) is 2. The van der Waals surface area contributed by atoms with Gasteiger partial charge in [-0.2, -0.15) is 0 Å². The van der Waals surface area contributed by atoms with E-state index in [1.807, 2.05) is 24.5 Å². The van der Waals surface area contributed by atoms with Gasteiger partial charge in [0.2, 0.25) is 0 Å². The minimum atomic E-state index is 0.241. The van der Waals surface area contributed by atoms with Crippen molar-refractivity contribution in [1.82, 2.24) is 15.6 Å². The Kier molecular flexibility index (Phi) is 3.31. The van der Waals surface area contributed by atoms with E-state index in [1.54, 1.807) is 0 Å². The Hall–Kier alpha value is -1.58. The molecule has 2 rings (SSSR count). The molecule has 0 aromatic carbocycles. The summed E-state index contributed by atoms with van der Waals surface area (Å²) in [4.78, 5) is 8.55. The largest absolute Gasteiger partial charge is 0.356 e. The summed E-state index contributed by atoms with van der Waals surface area (Å²) >= 11 is 0. The van der Waals surface area contributed by atoms with Crippen molar-refractivity contribution in [3.05, 3.63) is 30.1 Å². The fourth-order valence-corrected chi connectivity index (χ4v) is 1.77. The van der Waals surface area contributed by atoms with Gasteiger partial charge >= 0.3 is 0 Å². The van der Waals surface area contributed by atoms with Gasteiger partial charge in [0.1, 0.15) is 0 Å². The van der Waals surface area contributed by atoms with E-state index in [9.17, 15) is 0 Å². The van der Waals surface area contributed by atoms with Crippen molar-refractivity contribution >= 4 is 5.96 Å². The number of pyridine rings is 1. The molecular weight excluding hydrogens is 212 g/mol. The van der Waals surface area contributed by atoms with Crippen molar-refractivity contribution in [1.29, 1.82) is 0 Å². The molecule has 17 heavy (non-hydrogen) atoms. The number of guanidine groups is 1. The number of rotatable bonds is 2. The summed E-state index contributed by atoms with van der Waals surface area (Å²) in [5.74, 6) is 0.897. The predicted molar refractivity (Wildman–Crippen MR) is 69.9 cm³/mol. The molecule has 2 N–H and O–H groups in total. The zero-order valence-electron chi connectivity index (χ0n) is 10.7. The van der Waals surface area contributed by atoms with Gasteiger partial charge in [-0.25, -0.2) is 0 Å². The molecule has 1 aromatic rings. The van der Waals surface area contributed by atoms with Crippen molar-refractivity contribution in [2.45, 2.75) is 26.8 Å². The molecule has 4 heteroatoms. The molecule has 0 saturated carbocycles. The second-order valence-corrected chi connectivity index (χ2v) is 5.33. The average molecular weight is 232 g/mol. The van der Waals surface area contributed by atoms with Crippen molar-refractivity contribution < 1.29 is 0 Å². The molecule has 1 aliphatic heterocycles. The van der Waals surface area contributed by atoms with Gasteiger partial charge in [-0.15, -0.1) is 0 Å². The van der Waals surface area contributed by atoms with Crippen LogP contribution < -0.4 is 10.6 Å². The summed E-state index contributed by atoms with van der Waals surface area (Å²) in [5.41, 5.74) is 1.47. The normalized spacial score (nSPS) is 20.1. The molecule has 0 saturated heterocycles. The molecule has 1 aromatic heterocycles. The lowest BCUT2D eigenvalue weighted by Crippen LogP contribution is -2.47. The predicted octanol–water partition coefficient (Wildman–Crippen LogP) is 1.72. The van der Waals surface area contributed by atoms with Crippen LogP contribution in [0.5, 0.6) is 0 Å². The van der Waals surface area contributed by atoms with Gasteiger partial charge in [-0.05, 0) is 24.6 Å². The standard InChI is InChI=1S/C13H20N4/c1-10(11-4-6-14-7-5-11)17-12-15-8-13(2,3)9-16-12/h4-7,10H,8-9H2,1-3H3,(H2,15,16,17). The van der Waals surface area contributed by atoms with Crippen molar-refractivity contribution in [2.24, 2.45) is 10.4 Å². The molecule has 0 aliphatic carbocycles. The Balaban J connectivity index is 1.96. The lowest BCUT2D eigenvalue weighted by Gasteiger charge is -2.30. The molecule has 0 amide bonds. The van der Waals surface area contributed by atoms with Gasteiger partial charge in [0.05, 0.1) is 6.04 Å². The monoisotopic (exact) mass is 232 g/mol. The smallest absolute Gasteiger partial charge is 0.191 e. The Morgan fingerprint density at radius 1 is 1.35 bits per heavy atom. The summed E-state index contributed by atoms with van der Waals surface area (Å²) < 4.78 is 0. The Labute approximate surface area is 103 Å². The number of hydrogen-bond acceptors (Lipinski definition) is 4. The van der Waals surface area contributed by atoms with E-state index in [0.29, 0.717) is 0 Å². The molecule has 92 valence electrons. The lowest BCUT2D eigenvalue weighted by atomic mass is 9.93. The van der Waals surface area contributed by atoms with E-state index in [4.69, 9.17) is 0 Å². The summed E-state index contributed by atoms with van der Waals surface area (Å²) in [6.07, 6.45) is 3.62. The van der Waals surface area contributed by atoms with Crippen LogP contribution in [0.2, 0.25) is 0 Å². The first-order chi connectivity index (χ1) is 8.07. The van der Waals surface area contributed by atoms with E-state index in [2.05, 4.69) is 41.4 Å². The van der Waals surface area contributed by atoms with Crippen molar-refractivity contribution in [3.8, 4) is 0 Å². The molecule has 0 fully saturated rings. The zero-order chi connectivity index (χ0) is 12.3.